The van der Waals surface area contributed by atoms with Crippen LogP contribution < -0.4 is 0 Å². The van der Waals surface area contributed by atoms with Crippen LogP contribution in [0.4, 0.5) is 0 Å². The summed E-state index contributed by atoms with van der Waals surface area (Å²) < 4.78 is 0. The Morgan fingerprint density at radius 2 is 1.33 bits per heavy atom. The zero-order valence-electron chi connectivity index (χ0n) is 7.88. The van der Waals surface area contributed by atoms with Gasteiger partial charge in [0.25, 0.3) is 0 Å². The van der Waals surface area contributed by atoms with E-state index in [0.717, 1.165) is 12.8 Å². The van der Waals surface area contributed by atoms with Gasteiger partial charge in [-0.3, -0.25) is 0 Å². The molecule has 0 aliphatic carbocycles. The number of aryl methyl sites for hydroxylation is 2. The molecule has 0 spiro atoms. The van der Waals surface area contributed by atoms with Crippen LogP contribution in [0.2, 0.25) is 0 Å². The van der Waals surface area contributed by atoms with Gasteiger partial charge in [0.1, 0.15) is 0 Å². The van der Waals surface area contributed by atoms with Crippen molar-refractivity contribution in [3.8, 4) is 0 Å². The predicted molar refractivity (Wildman–Crippen MR) is 50.0 cm³/mol. The van der Waals surface area contributed by atoms with Gasteiger partial charge < -0.3 is 0 Å². The second-order valence-corrected chi connectivity index (χ2v) is 3.04. The lowest BCUT2D eigenvalue weighted by molar-refractivity contribution is 0.828. The molecule has 1 aromatic rings. The van der Waals surface area contributed by atoms with Crippen molar-refractivity contribution in [3.05, 3.63) is 23.5 Å². The predicted octanol–water partition coefficient (Wildman–Crippen LogP) is 2.38. The first kappa shape index (κ1) is 9.17. The lowest BCUT2D eigenvalue weighted by atomic mass is 10.0. The summed E-state index contributed by atoms with van der Waals surface area (Å²) in [6.45, 7) is 4.38. The monoisotopic (exact) mass is 164 g/mol. The normalized spacial score (nSPS) is 10.2. The van der Waals surface area contributed by atoms with Gasteiger partial charge in [0.2, 0.25) is 0 Å². The molecule has 0 aliphatic heterocycles. The van der Waals surface area contributed by atoms with Gasteiger partial charge in [-0.15, -0.1) is 0 Å². The standard InChI is InChI=1S/C10H16N2/c1-3-5-9-7-11-12-8-10(9)6-4-2/h7-8H,3-6H2,1-2H3. The van der Waals surface area contributed by atoms with Crippen molar-refractivity contribution >= 4 is 0 Å². The molecule has 0 aromatic carbocycles. The van der Waals surface area contributed by atoms with E-state index in [0.29, 0.717) is 0 Å². The molecule has 12 heavy (non-hydrogen) atoms. The van der Waals surface area contributed by atoms with E-state index in [9.17, 15) is 0 Å². The Morgan fingerprint density at radius 3 is 1.67 bits per heavy atom. The van der Waals surface area contributed by atoms with Crippen molar-refractivity contribution in [2.24, 2.45) is 0 Å². The Kier molecular flexibility index (Phi) is 3.71. The largest absolute Gasteiger partial charge is 0.159 e. The topological polar surface area (TPSA) is 25.8 Å². The molecule has 0 N–H and O–H groups in total. The molecular weight excluding hydrogens is 148 g/mol. The van der Waals surface area contributed by atoms with Crippen molar-refractivity contribution in [1.82, 2.24) is 10.2 Å². The van der Waals surface area contributed by atoms with Crippen molar-refractivity contribution in [3.63, 3.8) is 0 Å². The molecule has 0 saturated carbocycles. The van der Waals surface area contributed by atoms with Gasteiger partial charge in [-0.1, -0.05) is 26.7 Å². The van der Waals surface area contributed by atoms with Gasteiger partial charge in [0, 0.05) is 0 Å². The van der Waals surface area contributed by atoms with E-state index in [1.54, 1.807) is 0 Å². The van der Waals surface area contributed by atoms with E-state index in [4.69, 9.17) is 0 Å². The maximum absolute atomic E-state index is 3.90. The number of aromatic nitrogens is 2. The molecule has 0 radical (unpaired) electrons. The third kappa shape index (κ3) is 2.29. The fourth-order valence-corrected chi connectivity index (χ4v) is 1.36. The van der Waals surface area contributed by atoms with Crippen LogP contribution in [0.3, 0.4) is 0 Å². The Hall–Kier alpha value is -0.920. The molecule has 0 fully saturated rings. The fraction of sp³-hybridized carbons (Fsp3) is 0.600. The van der Waals surface area contributed by atoms with Gasteiger partial charge in [0.05, 0.1) is 12.4 Å². The summed E-state index contributed by atoms with van der Waals surface area (Å²) in [5.41, 5.74) is 2.74. The van der Waals surface area contributed by atoms with E-state index in [1.807, 2.05) is 12.4 Å². The maximum atomic E-state index is 3.90. The van der Waals surface area contributed by atoms with Gasteiger partial charge in [-0.2, -0.15) is 10.2 Å². The highest BCUT2D eigenvalue weighted by Gasteiger charge is 1.99. The number of hydrogen-bond donors (Lipinski definition) is 0. The third-order valence-corrected chi connectivity index (χ3v) is 1.94. The summed E-state index contributed by atoms with van der Waals surface area (Å²) in [6.07, 6.45) is 8.42. The zero-order valence-corrected chi connectivity index (χ0v) is 7.88. The molecule has 0 amide bonds. The van der Waals surface area contributed by atoms with Crippen molar-refractivity contribution in [1.29, 1.82) is 0 Å². The highest BCUT2D eigenvalue weighted by Crippen LogP contribution is 2.09. The first-order chi connectivity index (χ1) is 5.88. The SMILES string of the molecule is CCCc1cnncc1CCC. The van der Waals surface area contributed by atoms with E-state index < -0.39 is 0 Å². The summed E-state index contributed by atoms with van der Waals surface area (Å²) in [6, 6.07) is 0. The minimum Gasteiger partial charge on any atom is -0.159 e. The summed E-state index contributed by atoms with van der Waals surface area (Å²) in [5, 5.41) is 7.79. The Labute approximate surface area is 74.0 Å². The second-order valence-electron chi connectivity index (χ2n) is 3.04. The van der Waals surface area contributed by atoms with Crippen LogP contribution in [0.25, 0.3) is 0 Å². The summed E-state index contributed by atoms with van der Waals surface area (Å²) >= 11 is 0. The van der Waals surface area contributed by atoms with Crippen LogP contribution in [0.5, 0.6) is 0 Å². The average molecular weight is 164 g/mol. The second kappa shape index (κ2) is 4.86. The van der Waals surface area contributed by atoms with Crippen LogP contribution in [0.15, 0.2) is 12.4 Å². The molecule has 1 heterocycles. The average Bonchev–Trinajstić information content (AvgIpc) is 2.09. The molecule has 1 aromatic heterocycles. The van der Waals surface area contributed by atoms with E-state index >= 15 is 0 Å². The quantitative estimate of drug-likeness (QED) is 0.682. The first-order valence-electron chi connectivity index (χ1n) is 4.67. The number of rotatable bonds is 4. The molecule has 0 saturated heterocycles. The zero-order chi connectivity index (χ0) is 8.81. The summed E-state index contributed by atoms with van der Waals surface area (Å²) in [4.78, 5) is 0. The Bertz CT molecular complexity index is 208. The Balaban J connectivity index is 2.77. The molecule has 0 bridgehead atoms. The van der Waals surface area contributed by atoms with Gasteiger partial charge in [0.15, 0.2) is 0 Å². The lowest BCUT2D eigenvalue weighted by Gasteiger charge is -2.04. The Morgan fingerprint density at radius 1 is 0.917 bits per heavy atom. The summed E-state index contributed by atoms with van der Waals surface area (Å²) in [7, 11) is 0. The van der Waals surface area contributed by atoms with Crippen molar-refractivity contribution < 1.29 is 0 Å². The van der Waals surface area contributed by atoms with Crippen LogP contribution in [-0.4, -0.2) is 10.2 Å². The molecule has 2 nitrogen and oxygen atoms in total. The number of nitrogens with zero attached hydrogens (tertiary/aromatic N) is 2. The highest BCUT2D eigenvalue weighted by molar-refractivity contribution is 5.20. The molecule has 0 atom stereocenters. The molecule has 66 valence electrons. The van der Waals surface area contributed by atoms with Gasteiger partial charge in [-0.05, 0) is 24.0 Å². The minimum atomic E-state index is 1.13. The van der Waals surface area contributed by atoms with E-state index in [2.05, 4.69) is 24.0 Å². The highest BCUT2D eigenvalue weighted by atomic mass is 15.1. The maximum Gasteiger partial charge on any atom is 0.0530 e. The van der Waals surface area contributed by atoms with Crippen molar-refractivity contribution in [2.45, 2.75) is 39.5 Å². The fourth-order valence-electron chi connectivity index (χ4n) is 1.36. The van der Waals surface area contributed by atoms with Crippen LogP contribution in [0, 0.1) is 0 Å². The minimum absolute atomic E-state index is 1.13. The van der Waals surface area contributed by atoms with E-state index in [-0.39, 0.29) is 0 Å². The molecular formula is C10H16N2. The summed E-state index contributed by atoms with van der Waals surface area (Å²) in [5.74, 6) is 0. The third-order valence-electron chi connectivity index (χ3n) is 1.94. The smallest absolute Gasteiger partial charge is 0.0530 e. The van der Waals surface area contributed by atoms with Crippen LogP contribution >= 0.6 is 0 Å². The molecule has 0 aliphatic rings. The van der Waals surface area contributed by atoms with Crippen LogP contribution in [-0.2, 0) is 12.8 Å². The van der Waals surface area contributed by atoms with Crippen LogP contribution in [0.1, 0.15) is 37.8 Å². The van der Waals surface area contributed by atoms with E-state index in [1.165, 1.54) is 24.0 Å². The molecule has 0 unspecified atom stereocenters. The number of hydrogen-bond acceptors (Lipinski definition) is 2. The van der Waals surface area contributed by atoms with Gasteiger partial charge >= 0.3 is 0 Å². The molecule has 1 rings (SSSR count). The molecule has 2 heteroatoms. The lowest BCUT2D eigenvalue weighted by Crippen LogP contribution is -1.96. The van der Waals surface area contributed by atoms with Gasteiger partial charge in [-0.25, -0.2) is 0 Å². The van der Waals surface area contributed by atoms with Crippen molar-refractivity contribution in [2.75, 3.05) is 0 Å². The first-order valence-corrected chi connectivity index (χ1v) is 4.67.